The molecule has 0 spiro atoms. The molecule has 0 amide bonds. The Labute approximate surface area is 171 Å². The molecular weight excluding hydrogens is 350 g/mol. The van der Waals surface area contributed by atoms with Crippen molar-refractivity contribution >= 4 is 0 Å². The Kier molecular flexibility index (Phi) is 9.10. The Morgan fingerprint density at radius 3 is 2.54 bits per heavy atom. The molecule has 1 aromatic carbocycles. The molecule has 0 radical (unpaired) electrons. The van der Waals surface area contributed by atoms with Crippen molar-refractivity contribution in [2.75, 3.05) is 13.2 Å². The summed E-state index contributed by atoms with van der Waals surface area (Å²) in [6.45, 7) is 7.35. The lowest BCUT2D eigenvalue weighted by Gasteiger charge is -2.35. The van der Waals surface area contributed by atoms with E-state index in [-0.39, 0.29) is 12.4 Å². The van der Waals surface area contributed by atoms with Gasteiger partial charge in [0.05, 0.1) is 13.2 Å². The summed E-state index contributed by atoms with van der Waals surface area (Å²) in [5, 5.41) is 20.1. The smallest absolute Gasteiger partial charge is 0.160 e. The molecular formula is C24H41NO3. The van der Waals surface area contributed by atoms with Crippen LogP contribution in [0, 0.1) is 17.8 Å². The molecule has 0 bridgehead atoms. The standard InChI is InChI=1S/C24H41NO3/c1-18(2)6-4-7-19(3)16-28-23-11-10-20(14-22(23)27)12-13-24(25,17-26)15-21-8-5-9-21/h10-11,14,18-19,21,26-27H,4-9,12-13,15-17,25H2,1-3H3. The van der Waals surface area contributed by atoms with E-state index in [4.69, 9.17) is 10.5 Å². The van der Waals surface area contributed by atoms with Crippen molar-refractivity contribution in [3.05, 3.63) is 23.8 Å². The van der Waals surface area contributed by atoms with Crippen LogP contribution in [0.1, 0.15) is 77.7 Å². The molecule has 2 rings (SSSR count). The monoisotopic (exact) mass is 391 g/mol. The van der Waals surface area contributed by atoms with E-state index in [0.29, 0.717) is 24.2 Å². The maximum Gasteiger partial charge on any atom is 0.160 e. The van der Waals surface area contributed by atoms with Gasteiger partial charge in [-0.1, -0.05) is 58.9 Å². The molecule has 160 valence electrons. The number of aryl methyl sites for hydroxylation is 1. The van der Waals surface area contributed by atoms with Gasteiger partial charge in [-0.25, -0.2) is 0 Å². The van der Waals surface area contributed by atoms with Crippen LogP contribution in [-0.4, -0.2) is 29.0 Å². The molecule has 4 nitrogen and oxygen atoms in total. The number of hydrogen-bond donors (Lipinski definition) is 3. The fraction of sp³-hybridized carbons (Fsp3) is 0.750. The first kappa shape index (κ1) is 23.0. The fourth-order valence-electron chi connectivity index (χ4n) is 3.94. The Morgan fingerprint density at radius 1 is 1.21 bits per heavy atom. The number of phenols is 1. The normalized spacial score (nSPS) is 17.9. The lowest BCUT2D eigenvalue weighted by Crippen LogP contribution is -2.46. The van der Waals surface area contributed by atoms with Crippen LogP contribution in [0.3, 0.4) is 0 Å². The molecule has 1 aliphatic rings. The molecule has 1 fully saturated rings. The summed E-state index contributed by atoms with van der Waals surface area (Å²) in [7, 11) is 0. The first-order valence-electron chi connectivity index (χ1n) is 11.2. The van der Waals surface area contributed by atoms with Crippen molar-refractivity contribution in [1.29, 1.82) is 0 Å². The van der Waals surface area contributed by atoms with E-state index in [9.17, 15) is 10.2 Å². The van der Waals surface area contributed by atoms with Crippen molar-refractivity contribution in [2.24, 2.45) is 23.5 Å². The number of aliphatic hydroxyl groups is 1. The summed E-state index contributed by atoms with van der Waals surface area (Å²) < 4.78 is 5.84. The van der Waals surface area contributed by atoms with Gasteiger partial charge in [0.2, 0.25) is 0 Å². The zero-order valence-electron chi connectivity index (χ0n) is 18.1. The van der Waals surface area contributed by atoms with Gasteiger partial charge >= 0.3 is 0 Å². The molecule has 2 unspecified atom stereocenters. The van der Waals surface area contributed by atoms with E-state index in [0.717, 1.165) is 37.2 Å². The summed E-state index contributed by atoms with van der Waals surface area (Å²) in [4.78, 5) is 0. The highest BCUT2D eigenvalue weighted by atomic mass is 16.5. The van der Waals surface area contributed by atoms with Gasteiger partial charge in [-0.3, -0.25) is 0 Å². The van der Waals surface area contributed by atoms with Gasteiger partial charge in [0.25, 0.3) is 0 Å². The van der Waals surface area contributed by atoms with Crippen LogP contribution in [0.15, 0.2) is 18.2 Å². The van der Waals surface area contributed by atoms with Gasteiger partial charge in [-0.15, -0.1) is 0 Å². The third kappa shape index (κ3) is 7.63. The van der Waals surface area contributed by atoms with Gasteiger partial charge in [0.1, 0.15) is 0 Å². The molecule has 1 saturated carbocycles. The second kappa shape index (κ2) is 11.1. The molecule has 1 aromatic rings. The van der Waals surface area contributed by atoms with Crippen LogP contribution in [0.25, 0.3) is 0 Å². The van der Waals surface area contributed by atoms with Crippen molar-refractivity contribution in [1.82, 2.24) is 0 Å². The topological polar surface area (TPSA) is 75.7 Å². The lowest BCUT2D eigenvalue weighted by molar-refractivity contribution is 0.135. The van der Waals surface area contributed by atoms with Crippen LogP contribution >= 0.6 is 0 Å². The first-order valence-corrected chi connectivity index (χ1v) is 11.2. The highest BCUT2D eigenvalue weighted by Gasteiger charge is 2.30. The third-order valence-electron chi connectivity index (χ3n) is 6.17. The Balaban J connectivity index is 1.79. The van der Waals surface area contributed by atoms with E-state index < -0.39 is 5.54 Å². The van der Waals surface area contributed by atoms with E-state index in [1.54, 1.807) is 6.07 Å². The average Bonchev–Trinajstić information content (AvgIpc) is 2.62. The number of benzene rings is 1. The number of ether oxygens (including phenoxy) is 1. The minimum Gasteiger partial charge on any atom is -0.504 e. The fourth-order valence-corrected chi connectivity index (χ4v) is 3.94. The van der Waals surface area contributed by atoms with Crippen molar-refractivity contribution in [2.45, 2.75) is 84.1 Å². The van der Waals surface area contributed by atoms with Gasteiger partial charge in [0.15, 0.2) is 11.5 Å². The maximum atomic E-state index is 10.3. The Hall–Kier alpha value is -1.26. The number of hydrogen-bond acceptors (Lipinski definition) is 4. The predicted octanol–water partition coefficient (Wildman–Crippen LogP) is 5.05. The number of aromatic hydroxyl groups is 1. The summed E-state index contributed by atoms with van der Waals surface area (Å²) in [5.41, 5.74) is 6.95. The van der Waals surface area contributed by atoms with E-state index in [1.165, 1.54) is 32.1 Å². The van der Waals surface area contributed by atoms with Crippen LogP contribution < -0.4 is 10.5 Å². The summed E-state index contributed by atoms with van der Waals surface area (Å²) >= 11 is 0. The van der Waals surface area contributed by atoms with Crippen LogP contribution in [0.2, 0.25) is 0 Å². The number of rotatable bonds is 13. The highest BCUT2D eigenvalue weighted by Crippen LogP contribution is 2.35. The molecule has 1 aliphatic carbocycles. The van der Waals surface area contributed by atoms with Crippen LogP contribution in [-0.2, 0) is 6.42 Å². The Bertz CT molecular complexity index is 585. The number of aliphatic hydroxyl groups excluding tert-OH is 1. The van der Waals surface area contributed by atoms with Gasteiger partial charge < -0.3 is 20.7 Å². The second-order valence-electron chi connectivity index (χ2n) is 9.56. The summed E-state index contributed by atoms with van der Waals surface area (Å²) in [6.07, 6.45) is 9.77. The second-order valence-corrected chi connectivity index (χ2v) is 9.56. The van der Waals surface area contributed by atoms with E-state index >= 15 is 0 Å². The minimum absolute atomic E-state index is 0.0192. The predicted molar refractivity (Wildman–Crippen MR) is 116 cm³/mol. The molecule has 0 heterocycles. The molecule has 0 aliphatic heterocycles. The van der Waals surface area contributed by atoms with Crippen molar-refractivity contribution in [3.8, 4) is 11.5 Å². The quantitative estimate of drug-likeness (QED) is 0.440. The van der Waals surface area contributed by atoms with E-state index in [2.05, 4.69) is 20.8 Å². The summed E-state index contributed by atoms with van der Waals surface area (Å²) in [6, 6.07) is 5.63. The van der Waals surface area contributed by atoms with Crippen molar-refractivity contribution < 1.29 is 14.9 Å². The molecule has 4 heteroatoms. The minimum atomic E-state index is -0.513. The zero-order valence-corrected chi connectivity index (χ0v) is 18.1. The van der Waals surface area contributed by atoms with Crippen LogP contribution in [0.5, 0.6) is 11.5 Å². The van der Waals surface area contributed by atoms with Crippen molar-refractivity contribution in [3.63, 3.8) is 0 Å². The largest absolute Gasteiger partial charge is 0.504 e. The SMILES string of the molecule is CC(C)CCCC(C)COc1ccc(CCC(N)(CO)CC2CCC2)cc1O. The molecule has 4 N–H and O–H groups in total. The average molecular weight is 392 g/mol. The number of nitrogens with two attached hydrogens (primary N) is 1. The zero-order chi connectivity index (χ0) is 20.6. The number of phenolic OH excluding ortho intramolecular Hbond substituents is 1. The van der Waals surface area contributed by atoms with Gasteiger partial charge in [-0.05, 0) is 61.1 Å². The van der Waals surface area contributed by atoms with Gasteiger partial charge in [-0.2, -0.15) is 0 Å². The van der Waals surface area contributed by atoms with E-state index in [1.807, 2.05) is 12.1 Å². The molecule has 2 atom stereocenters. The maximum absolute atomic E-state index is 10.3. The first-order chi connectivity index (χ1) is 13.3. The molecule has 28 heavy (non-hydrogen) atoms. The molecule has 0 aromatic heterocycles. The third-order valence-corrected chi connectivity index (χ3v) is 6.17. The Morgan fingerprint density at radius 2 is 1.96 bits per heavy atom. The lowest BCUT2D eigenvalue weighted by atomic mass is 9.75. The molecule has 0 saturated heterocycles. The summed E-state index contributed by atoms with van der Waals surface area (Å²) in [5.74, 6) is 2.64. The van der Waals surface area contributed by atoms with Gasteiger partial charge in [0, 0.05) is 5.54 Å². The highest BCUT2D eigenvalue weighted by molar-refractivity contribution is 5.41. The van der Waals surface area contributed by atoms with Crippen LogP contribution in [0.4, 0.5) is 0 Å².